The van der Waals surface area contributed by atoms with E-state index in [9.17, 15) is 14.4 Å². The van der Waals surface area contributed by atoms with Gasteiger partial charge in [-0.1, -0.05) is 6.92 Å². The predicted molar refractivity (Wildman–Crippen MR) is 91.8 cm³/mol. The lowest BCUT2D eigenvalue weighted by Gasteiger charge is -2.17. The molecule has 2 atom stereocenters. The molecule has 0 bridgehead atoms. The van der Waals surface area contributed by atoms with E-state index in [1.807, 2.05) is 19.0 Å². The second kappa shape index (κ2) is 8.24. The van der Waals surface area contributed by atoms with Gasteiger partial charge in [0.25, 0.3) is 5.91 Å². The van der Waals surface area contributed by atoms with E-state index < -0.39 is 35.3 Å². The number of anilines is 1. The second-order valence-electron chi connectivity index (χ2n) is 5.71. The van der Waals surface area contributed by atoms with Crippen LogP contribution in [0, 0.1) is 11.3 Å². The number of carbonyl (C=O) groups is 3. The van der Waals surface area contributed by atoms with E-state index in [2.05, 4.69) is 5.32 Å². The largest absolute Gasteiger partial charge is 0.481 e. The lowest BCUT2D eigenvalue weighted by molar-refractivity contribution is -0.140. The van der Waals surface area contributed by atoms with Crippen LogP contribution in [0.2, 0.25) is 0 Å². The molecule has 7 nitrogen and oxygen atoms in total. The fourth-order valence-corrected chi connectivity index (χ4v) is 2.16. The molecular formula is C17H23N3O4. The number of nitrogens with zero attached hydrogens (tertiary/aromatic N) is 1. The molecule has 0 saturated carbocycles. The third-order valence-corrected chi connectivity index (χ3v) is 3.71. The summed E-state index contributed by atoms with van der Waals surface area (Å²) in [6, 6.07) is 5.87. The summed E-state index contributed by atoms with van der Waals surface area (Å²) in [5, 5.41) is 19.3. The van der Waals surface area contributed by atoms with E-state index in [-0.39, 0.29) is 6.42 Å². The van der Waals surface area contributed by atoms with E-state index in [1.54, 1.807) is 31.2 Å². The number of carboxylic acid groups (broad SMARTS) is 1. The van der Waals surface area contributed by atoms with Crippen LogP contribution in [0.3, 0.4) is 0 Å². The zero-order chi connectivity index (χ0) is 18.4. The minimum absolute atomic E-state index is 0.145. The van der Waals surface area contributed by atoms with Crippen LogP contribution >= 0.6 is 0 Å². The molecular weight excluding hydrogens is 310 g/mol. The predicted octanol–water partition coefficient (Wildman–Crippen LogP) is 1.57. The van der Waals surface area contributed by atoms with Crippen LogP contribution in [0.15, 0.2) is 24.3 Å². The van der Waals surface area contributed by atoms with Gasteiger partial charge in [0.05, 0.1) is 11.8 Å². The Kier molecular flexibility index (Phi) is 6.64. The maximum Gasteiger partial charge on any atom is 0.312 e. The molecule has 1 amide bonds. The monoisotopic (exact) mass is 333 g/mol. The van der Waals surface area contributed by atoms with Crippen molar-refractivity contribution < 1.29 is 19.5 Å². The van der Waals surface area contributed by atoms with E-state index in [0.29, 0.717) is 5.56 Å². The maximum absolute atomic E-state index is 12.2. The number of hydrogen-bond acceptors (Lipinski definition) is 5. The highest BCUT2D eigenvalue weighted by molar-refractivity contribution is 6.44. The summed E-state index contributed by atoms with van der Waals surface area (Å²) in [6.07, 6.45) is 0.145. The van der Waals surface area contributed by atoms with Crippen molar-refractivity contribution in [3.63, 3.8) is 0 Å². The van der Waals surface area contributed by atoms with Gasteiger partial charge in [0, 0.05) is 25.3 Å². The van der Waals surface area contributed by atoms with Gasteiger partial charge in [-0.25, -0.2) is 0 Å². The first-order chi connectivity index (χ1) is 11.2. The van der Waals surface area contributed by atoms with Crippen molar-refractivity contribution in [1.29, 1.82) is 5.41 Å². The molecule has 2 unspecified atom stereocenters. The van der Waals surface area contributed by atoms with Crippen molar-refractivity contribution >= 4 is 29.1 Å². The van der Waals surface area contributed by atoms with Gasteiger partial charge in [-0.2, -0.15) is 0 Å². The summed E-state index contributed by atoms with van der Waals surface area (Å²) in [5.74, 6) is -3.51. The molecule has 7 heteroatoms. The smallest absolute Gasteiger partial charge is 0.312 e. The molecule has 0 aromatic heterocycles. The van der Waals surface area contributed by atoms with Crippen molar-refractivity contribution in [3.8, 4) is 0 Å². The first-order valence-electron chi connectivity index (χ1n) is 7.62. The molecule has 0 spiro atoms. The third-order valence-electron chi connectivity index (χ3n) is 3.71. The van der Waals surface area contributed by atoms with Crippen molar-refractivity contribution in [3.05, 3.63) is 29.8 Å². The molecule has 1 rings (SSSR count). The third kappa shape index (κ3) is 4.65. The number of aliphatic carboxylic acids is 1. The Morgan fingerprint density at radius 1 is 1.21 bits per heavy atom. The number of amides is 1. The molecule has 0 aliphatic rings. The van der Waals surface area contributed by atoms with Crippen LogP contribution in [0.1, 0.15) is 30.6 Å². The summed E-state index contributed by atoms with van der Waals surface area (Å²) in [5.41, 5.74) is 0.822. The lowest BCUT2D eigenvalue weighted by atomic mass is 9.94. The van der Waals surface area contributed by atoms with E-state index >= 15 is 0 Å². The van der Waals surface area contributed by atoms with E-state index in [1.165, 1.54) is 6.92 Å². The molecule has 24 heavy (non-hydrogen) atoms. The van der Waals surface area contributed by atoms with E-state index in [0.717, 1.165) is 5.69 Å². The number of rotatable bonds is 8. The Bertz CT molecular complexity index is 638. The molecule has 0 radical (unpaired) electrons. The Hall–Kier alpha value is -2.70. The highest BCUT2D eigenvalue weighted by Gasteiger charge is 2.29. The van der Waals surface area contributed by atoms with Gasteiger partial charge in [0.15, 0.2) is 5.78 Å². The zero-order valence-corrected chi connectivity index (χ0v) is 14.3. The summed E-state index contributed by atoms with van der Waals surface area (Å²) in [7, 11) is 3.77. The number of ketones is 1. The maximum atomic E-state index is 12.2. The highest BCUT2D eigenvalue weighted by Crippen LogP contribution is 2.13. The number of nitrogens with one attached hydrogen (secondary N) is 2. The molecule has 1 aromatic rings. The minimum atomic E-state index is -1.21. The highest BCUT2D eigenvalue weighted by atomic mass is 16.4. The lowest BCUT2D eigenvalue weighted by Crippen LogP contribution is -2.44. The molecule has 0 heterocycles. The minimum Gasteiger partial charge on any atom is -0.481 e. The molecule has 0 aliphatic carbocycles. The second-order valence-corrected chi connectivity index (χ2v) is 5.71. The average Bonchev–Trinajstić information content (AvgIpc) is 2.54. The SMILES string of the molecule is CCC(C(=N)C(=O)C(C)NC(=O)c1ccc(N(C)C)cc1)C(=O)O. The molecule has 130 valence electrons. The Morgan fingerprint density at radius 2 is 1.75 bits per heavy atom. The first kappa shape index (κ1) is 19.3. The van der Waals surface area contributed by atoms with Gasteiger partial charge in [-0.05, 0) is 37.6 Å². The van der Waals surface area contributed by atoms with Gasteiger partial charge in [0.1, 0.15) is 5.92 Å². The van der Waals surface area contributed by atoms with Gasteiger partial charge in [-0.3, -0.25) is 14.4 Å². The normalized spacial score (nSPS) is 12.8. The van der Waals surface area contributed by atoms with Gasteiger partial charge in [-0.15, -0.1) is 0 Å². The Balaban J connectivity index is 2.77. The molecule has 3 N–H and O–H groups in total. The fraction of sp³-hybridized carbons (Fsp3) is 0.412. The number of Topliss-reactive ketones (excluding diaryl/α,β-unsaturated/α-hetero) is 1. The van der Waals surface area contributed by atoms with Gasteiger partial charge < -0.3 is 20.7 Å². The summed E-state index contributed by atoms with van der Waals surface area (Å²) >= 11 is 0. The van der Waals surface area contributed by atoms with Gasteiger partial charge >= 0.3 is 5.97 Å². The first-order valence-corrected chi connectivity index (χ1v) is 7.62. The van der Waals surface area contributed by atoms with Crippen LogP contribution in [0.5, 0.6) is 0 Å². The van der Waals surface area contributed by atoms with Crippen molar-refractivity contribution in [1.82, 2.24) is 5.32 Å². The van der Waals surface area contributed by atoms with Gasteiger partial charge in [0.2, 0.25) is 0 Å². The summed E-state index contributed by atoms with van der Waals surface area (Å²) < 4.78 is 0. The van der Waals surface area contributed by atoms with Crippen LogP contribution in [0.25, 0.3) is 0 Å². The summed E-state index contributed by atoms with van der Waals surface area (Å²) in [4.78, 5) is 37.3. The topological polar surface area (TPSA) is 111 Å². The molecule has 0 saturated heterocycles. The Labute approximate surface area is 141 Å². The fourth-order valence-electron chi connectivity index (χ4n) is 2.16. The van der Waals surface area contributed by atoms with Crippen LogP contribution in [-0.4, -0.2) is 48.6 Å². The zero-order valence-electron chi connectivity index (χ0n) is 14.3. The number of carboxylic acids is 1. The quantitative estimate of drug-likeness (QED) is 0.625. The molecule has 0 fully saturated rings. The van der Waals surface area contributed by atoms with Crippen LogP contribution < -0.4 is 10.2 Å². The van der Waals surface area contributed by atoms with Crippen molar-refractivity contribution in [2.45, 2.75) is 26.3 Å². The molecule has 1 aromatic carbocycles. The average molecular weight is 333 g/mol. The standard InChI is InChI=1S/C17H23N3O4/c1-5-13(17(23)24)14(18)15(21)10(2)19-16(22)11-6-8-12(9-7-11)20(3)4/h6-10,13,18H,5H2,1-4H3,(H,19,22)(H,23,24). The molecule has 0 aliphatic heterocycles. The number of benzene rings is 1. The van der Waals surface area contributed by atoms with Crippen LogP contribution in [-0.2, 0) is 9.59 Å². The van der Waals surface area contributed by atoms with Crippen molar-refractivity contribution in [2.24, 2.45) is 5.92 Å². The Morgan fingerprint density at radius 3 is 2.17 bits per heavy atom. The number of hydrogen-bond donors (Lipinski definition) is 3. The van der Waals surface area contributed by atoms with E-state index in [4.69, 9.17) is 10.5 Å². The summed E-state index contributed by atoms with van der Waals surface area (Å²) in [6.45, 7) is 3.04. The number of carbonyl (C=O) groups excluding carboxylic acids is 2. The van der Waals surface area contributed by atoms with Crippen molar-refractivity contribution in [2.75, 3.05) is 19.0 Å². The van der Waals surface area contributed by atoms with Crippen LogP contribution in [0.4, 0.5) is 5.69 Å².